The average Bonchev–Trinajstić information content (AvgIpc) is 2.14. The number of carbonyl (C=O) groups excluding carboxylic acids is 1. The highest BCUT2D eigenvalue weighted by atomic mass is 16.2. The van der Waals surface area contributed by atoms with Crippen LogP contribution in [-0.4, -0.2) is 30.4 Å². The minimum Gasteiger partial charge on any atom is -0.343 e. The Labute approximate surface area is 79.3 Å². The number of hydrogen-bond acceptors (Lipinski definition) is 3. The largest absolute Gasteiger partial charge is 0.343 e. The van der Waals surface area contributed by atoms with Crippen LogP contribution >= 0.6 is 0 Å². The van der Waals surface area contributed by atoms with E-state index in [4.69, 9.17) is 11.0 Å². The van der Waals surface area contributed by atoms with Crippen molar-refractivity contribution >= 4 is 5.91 Å². The zero-order valence-electron chi connectivity index (χ0n) is 8.45. The van der Waals surface area contributed by atoms with Crippen molar-refractivity contribution in [3.05, 3.63) is 0 Å². The molecular weight excluding hydrogens is 166 g/mol. The Hall–Kier alpha value is -1.08. The number of carbonyl (C=O) groups is 1. The first kappa shape index (κ1) is 11.9. The first-order valence-corrected chi connectivity index (χ1v) is 4.43. The average molecular weight is 183 g/mol. The molecule has 74 valence electrons. The third-order valence-corrected chi connectivity index (χ3v) is 1.90. The molecule has 1 unspecified atom stereocenters. The number of likely N-dealkylation sites (N-methyl/N-ethyl adjacent to an activating group) is 1. The van der Waals surface area contributed by atoms with E-state index in [0.29, 0.717) is 13.0 Å². The van der Waals surface area contributed by atoms with Gasteiger partial charge < -0.3 is 10.6 Å². The Morgan fingerprint density at radius 3 is 2.62 bits per heavy atom. The third-order valence-electron chi connectivity index (χ3n) is 1.90. The molecule has 0 bridgehead atoms. The van der Waals surface area contributed by atoms with Crippen molar-refractivity contribution in [1.82, 2.24) is 4.90 Å². The van der Waals surface area contributed by atoms with Crippen LogP contribution in [0.1, 0.15) is 20.3 Å². The molecule has 0 fully saturated rings. The van der Waals surface area contributed by atoms with E-state index in [1.54, 1.807) is 14.0 Å². The van der Waals surface area contributed by atoms with E-state index in [0.717, 1.165) is 0 Å². The molecule has 1 amide bonds. The van der Waals surface area contributed by atoms with Crippen molar-refractivity contribution in [3.8, 4) is 6.07 Å². The lowest BCUT2D eigenvalue weighted by Gasteiger charge is -2.21. The Morgan fingerprint density at radius 2 is 2.23 bits per heavy atom. The summed E-state index contributed by atoms with van der Waals surface area (Å²) in [5.41, 5.74) is 5.56. The minimum atomic E-state index is -0.434. The van der Waals surface area contributed by atoms with E-state index in [1.165, 1.54) is 4.90 Å². The van der Waals surface area contributed by atoms with E-state index in [-0.39, 0.29) is 11.8 Å². The van der Waals surface area contributed by atoms with Crippen LogP contribution in [0.25, 0.3) is 0 Å². The van der Waals surface area contributed by atoms with Crippen molar-refractivity contribution in [2.24, 2.45) is 11.7 Å². The molecule has 0 aromatic carbocycles. The lowest BCUT2D eigenvalue weighted by Crippen LogP contribution is -2.42. The van der Waals surface area contributed by atoms with Crippen molar-refractivity contribution in [3.63, 3.8) is 0 Å². The van der Waals surface area contributed by atoms with Gasteiger partial charge in [-0.25, -0.2) is 0 Å². The summed E-state index contributed by atoms with van der Waals surface area (Å²) in [4.78, 5) is 12.9. The van der Waals surface area contributed by atoms with Crippen LogP contribution in [0.4, 0.5) is 0 Å². The predicted molar refractivity (Wildman–Crippen MR) is 50.7 cm³/mol. The summed E-state index contributed by atoms with van der Waals surface area (Å²) in [6.45, 7) is 4.09. The topological polar surface area (TPSA) is 70.1 Å². The van der Waals surface area contributed by atoms with Crippen LogP contribution in [0, 0.1) is 17.2 Å². The normalized spacial score (nSPS) is 14.4. The van der Waals surface area contributed by atoms with Gasteiger partial charge in [-0.05, 0) is 13.3 Å². The molecule has 4 heteroatoms. The highest BCUT2D eigenvalue weighted by Crippen LogP contribution is 1.99. The highest BCUT2D eigenvalue weighted by molar-refractivity contribution is 5.81. The zero-order chi connectivity index (χ0) is 10.4. The molecule has 0 spiro atoms. The molecule has 4 nitrogen and oxygen atoms in total. The summed E-state index contributed by atoms with van der Waals surface area (Å²) < 4.78 is 0. The molecule has 0 aliphatic rings. The first-order chi connectivity index (χ1) is 6.02. The third kappa shape index (κ3) is 3.90. The molecule has 0 aliphatic heterocycles. The summed E-state index contributed by atoms with van der Waals surface area (Å²) in [6, 6.07) is 1.64. The van der Waals surface area contributed by atoms with Gasteiger partial charge in [-0.3, -0.25) is 4.79 Å². The second kappa shape index (κ2) is 5.55. The summed E-state index contributed by atoms with van der Waals surface area (Å²) in [5.74, 6) is -0.234. The van der Waals surface area contributed by atoms with Crippen molar-refractivity contribution in [1.29, 1.82) is 5.26 Å². The van der Waals surface area contributed by atoms with Crippen LogP contribution in [-0.2, 0) is 4.79 Å². The van der Waals surface area contributed by atoms with Crippen molar-refractivity contribution in [2.45, 2.75) is 26.3 Å². The smallest absolute Gasteiger partial charge is 0.239 e. The van der Waals surface area contributed by atoms with Crippen LogP contribution < -0.4 is 5.73 Å². The van der Waals surface area contributed by atoms with Crippen molar-refractivity contribution < 1.29 is 4.79 Å². The van der Waals surface area contributed by atoms with E-state index >= 15 is 0 Å². The molecule has 0 aromatic heterocycles. The van der Waals surface area contributed by atoms with Crippen molar-refractivity contribution in [2.75, 3.05) is 13.6 Å². The summed E-state index contributed by atoms with van der Waals surface area (Å²) >= 11 is 0. The molecular formula is C9H17N3O. The fourth-order valence-corrected chi connectivity index (χ4v) is 0.999. The Morgan fingerprint density at radius 1 is 1.69 bits per heavy atom. The number of nitrogens with zero attached hydrogens (tertiary/aromatic N) is 2. The number of nitrogens with two attached hydrogens (primary N) is 1. The van der Waals surface area contributed by atoms with Crippen LogP contribution in [0.2, 0.25) is 0 Å². The lowest BCUT2D eigenvalue weighted by atomic mass is 10.1. The van der Waals surface area contributed by atoms with Gasteiger partial charge in [-0.1, -0.05) is 6.92 Å². The second-order valence-electron chi connectivity index (χ2n) is 3.26. The molecule has 0 heterocycles. The van der Waals surface area contributed by atoms with Gasteiger partial charge in [-0.2, -0.15) is 5.26 Å². The van der Waals surface area contributed by atoms with Gasteiger partial charge in [0.1, 0.15) is 0 Å². The Bertz CT molecular complexity index is 209. The van der Waals surface area contributed by atoms with Gasteiger partial charge >= 0.3 is 0 Å². The summed E-state index contributed by atoms with van der Waals surface area (Å²) in [6.07, 6.45) is 0.629. The van der Waals surface area contributed by atoms with E-state index < -0.39 is 6.04 Å². The second-order valence-corrected chi connectivity index (χ2v) is 3.26. The summed E-state index contributed by atoms with van der Waals surface area (Å²) in [5, 5.41) is 8.54. The first-order valence-electron chi connectivity index (χ1n) is 4.43. The lowest BCUT2D eigenvalue weighted by molar-refractivity contribution is -0.131. The quantitative estimate of drug-likeness (QED) is 0.683. The van der Waals surface area contributed by atoms with Gasteiger partial charge in [0.2, 0.25) is 5.91 Å². The van der Waals surface area contributed by atoms with Crippen LogP contribution in [0.15, 0.2) is 0 Å². The molecule has 2 atom stereocenters. The van der Waals surface area contributed by atoms with Gasteiger partial charge in [-0.15, -0.1) is 0 Å². The Kier molecular flexibility index (Phi) is 5.09. The van der Waals surface area contributed by atoms with Gasteiger partial charge in [0, 0.05) is 13.6 Å². The SMILES string of the molecule is CC[C@@H](N)C(=O)N(C)CC(C)C#N. The summed E-state index contributed by atoms with van der Waals surface area (Å²) in [7, 11) is 1.67. The predicted octanol–water partition coefficient (Wildman–Crippen LogP) is 0.342. The number of nitriles is 1. The maximum absolute atomic E-state index is 11.4. The van der Waals surface area contributed by atoms with E-state index in [1.807, 2.05) is 6.92 Å². The number of amides is 1. The standard InChI is InChI=1S/C9H17N3O/c1-4-8(11)9(13)12(3)6-7(2)5-10/h7-8H,4,6,11H2,1-3H3/t7?,8-/m1/s1. The molecule has 0 aromatic rings. The fraction of sp³-hybridized carbons (Fsp3) is 0.778. The van der Waals surface area contributed by atoms with E-state index in [9.17, 15) is 4.79 Å². The zero-order valence-corrected chi connectivity index (χ0v) is 8.45. The Balaban J connectivity index is 4.05. The maximum atomic E-state index is 11.4. The molecule has 0 saturated heterocycles. The van der Waals surface area contributed by atoms with Gasteiger partial charge in [0.05, 0.1) is 18.0 Å². The fourth-order valence-electron chi connectivity index (χ4n) is 0.999. The minimum absolute atomic E-state index is 0.0930. The van der Waals surface area contributed by atoms with Gasteiger partial charge in [0.15, 0.2) is 0 Å². The van der Waals surface area contributed by atoms with Crippen LogP contribution in [0.3, 0.4) is 0 Å². The maximum Gasteiger partial charge on any atom is 0.239 e. The molecule has 0 rings (SSSR count). The number of hydrogen-bond donors (Lipinski definition) is 1. The molecule has 0 radical (unpaired) electrons. The van der Waals surface area contributed by atoms with E-state index in [2.05, 4.69) is 6.07 Å². The molecule has 13 heavy (non-hydrogen) atoms. The monoisotopic (exact) mass is 183 g/mol. The van der Waals surface area contributed by atoms with Gasteiger partial charge in [0.25, 0.3) is 0 Å². The highest BCUT2D eigenvalue weighted by Gasteiger charge is 2.17. The number of rotatable bonds is 4. The molecule has 2 N–H and O–H groups in total. The molecule has 0 saturated carbocycles. The molecule has 0 aliphatic carbocycles. The van der Waals surface area contributed by atoms with Crippen LogP contribution in [0.5, 0.6) is 0 Å².